The minimum atomic E-state index is -5.81. The van der Waals surface area contributed by atoms with Crippen molar-refractivity contribution in [2.45, 2.75) is 5.51 Å². The minimum Gasteiger partial charge on any atom is -0.493 e. The van der Waals surface area contributed by atoms with E-state index < -0.39 is 21.5 Å². The van der Waals surface area contributed by atoms with Gasteiger partial charge in [-0.15, -0.1) is 0 Å². The summed E-state index contributed by atoms with van der Waals surface area (Å²) in [5, 5.41) is 0. The third-order valence-electron chi connectivity index (χ3n) is 2.50. The summed E-state index contributed by atoms with van der Waals surface area (Å²) in [6.45, 7) is 0. The van der Waals surface area contributed by atoms with Crippen molar-refractivity contribution in [2.75, 3.05) is 14.2 Å². The van der Waals surface area contributed by atoms with Gasteiger partial charge in [0.15, 0.2) is 11.5 Å². The first-order chi connectivity index (χ1) is 10.2. The Morgan fingerprint density at radius 3 is 2.09 bits per heavy atom. The van der Waals surface area contributed by atoms with Crippen LogP contribution in [0.4, 0.5) is 13.2 Å². The maximum absolute atomic E-state index is 12.3. The molecule has 120 valence electrons. The summed E-state index contributed by atoms with van der Waals surface area (Å²) in [4.78, 5) is 7.44. The third kappa shape index (κ3) is 2.98. The first kappa shape index (κ1) is 16.1. The van der Waals surface area contributed by atoms with Crippen molar-refractivity contribution in [1.29, 1.82) is 0 Å². The van der Waals surface area contributed by atoms with E-state index >= 15 is 0 Å². The van der Waals surface area contributed by atoms with Gasteiger partial charge in [0.1, 0.15) is 0 Å². The molecule has 1 aromatic carbocycles. The SMILES string of the molecule is COc1cc2ncc(OS(=O)(=O)C(F)(F)F)nc2cc1OC. The van der Waals surface area contributed by atoms with E-state index in [0.717, 1.165) is 6.20 Å². The molecule has 0 amide bonds. The van der Waals surface area contributed by atoms with Crippen LogP contribution in [0.15, 0.2) is 18.3 Å². The number of rotatable bonds is 4. The van der Waals surface area contributed by atoms with E-state index in [1.54, 1.807) is 0 Å². The maximum atomic E-state index is 12.3. The van der Waals surface area contributed by atoms with Gasteiger partial charge in [-0.05, 0) is 0 Å². The number of nitrogens with zero attached hydrogens (tertiary/aromatic N) is 2. The zero-order valence-corrected chi connectivity index (χ0v) is 12.0. The topological polar surface area (TPSA) is 87.6 Å². The number of methoxy groups -OCH3 is 2. The molecule has 0 N–H and O–H groups in total. The van der Waals surface area contributed by atoms with E-state index in [-0.39, 0.29) is 16.8 Å². The fraction of sp³-hybridized carbons (Fsp3) is 0.273. The number of alkyl halides is 3. The lowest BCUT2D eigenvalue weighted by atomic mass is 10.2. The number of aromatic nitrogens is 2. The number of fused-ring (bicyclic) bond motifs is 1. The Morgan fingerprint density at radius 1 is 1.05 bits per heavy atom. The van der Waals surface area contributed by atoms with Crippen LogP contribution in [0.25, 0.3) is 11.0 Å². The second kappa shape index (κ2) is 5.48. The van der Waals surface area contributed by atoms with Crippen LogP contribution in [0.5, 0.6) is 17.4 Å². The van der Waals surface area contributed by atoms with Gasteiger partial charge < -0.3 is 13.7 Å². The van der Waals surface area contributed by atoms with Crippen LogP contribution in [0.1, 0.15) is 0 Å². The number of ether oxygens (including phenoxy) is 2. The lowest BCUT2D eigenvalue weighted by molar-refractivity contribution is -0.0501. The molecule has 0 aliphatic heterocycles. The second-order valence-electron chi connectivity index (χ2n) is 3.89. The average molecular weight is 338 g/mol. The lowest BCUT2D eigenvalue weighted by Gasteiger charge is -2.10. The van der Waals surface area contributed by atoms with Gasteiger partial charge >= 0.3 is 15.6 Å². The maximum Gasteiger partial charge on any atom is 0.534 e. The monoisotopic (exact) mass is 338 g/mol. The molecule has 0 saturated heterocycles. The molecular formula is C11H9F3N2O5S. The van der Waals surface area contributed by atoms with Gasteiger partial charge in [0.25, 0.3) is 5.88 Å². The van der Waals surface area contributed by atoms with Crippen LogP contribution in [0.3, 0.4) is 0 Å². The van der Waals surface area contributed by atoms with E-state index in [2.05, 4.69) is 14.2 Å². The zero-order valence-electron chi connectivity index (χ0n) is 11.2. The van der Waals surface area contributed by atoms with E-state index in [1.165, 1.54) is 26.4 Å². The van der Waals surface area contributed by atoms with Crippen LogP contribution < -0.4 is 13.7 Å². The molecule has 0 atom stereocenters. The average Bonchev–Trinajstić information content (AvgIpc) is 2.44. The predicted octanol–water partition coefficient (Wildman–Crippen LogP) is 1.88. The summed E-state index contributed by atoms with van der Waals surface area (Å²) in [6.07, 6.45) is 0.761. The van der Waals surface area contributed by atoms with E-state index in [0.29, 0.717) is 5.75 Å². The molecule has 11 heteroatoms. The molecule has 2 rings (SSSR count). The number of benzene rings is 1. The highest BCUT2D eigenvalue weighted by atomic mass is 32.2. The molecule has 2 aromatic rings. The molecule has 0 saturated carbocycles. The fourth-order valence-electron chi connectivity index (χ4n) is 1.52. The van der Waals surface area contributed by atoms with Gasteiger partial charge in [-0.25, -0.2) is 9.97 Å². The largest absolute Gasteiger partial charge is 0.534 e. The molecule has 0 radical (unpaired) electrons. The summed E-state index contributed by atoms with van der Waals surface area (Å²) >= 11 is 0. The van der Waals surface area contributed by atoms with Crippen molar-refractivity contribution in [3.63, 3.8) is 0 Å². The highest BCUT2D eigenvalue weighted by Gasteiger charge is 2.48. The van der Waals surface area contributed by atoms with Crippen molar-refractivity contribution in [3.8, 4) is 17.4 Å². The molecular weight excluding hydrogens is 329 g/mol. The Labute approximate surface area is 122 Å². The first-order valence-corrected chi connectivity index (χ1v) is 6.98. The lowest BCUT2D eigenvalue weighted by Crippen LogP contribution is -2.28. The van der Waals surface area contributed by atoms with E-state index in [4.69, 9.17) is 9.47 Å². The van der Waals surface area contributed by atoms with Crippen LogP contribution in [0, 0.1) is 0 Å². The molecule has 0 unspecified atom stereocenters. The molecule has 0 aliphatic carbocycles. The Morgan fingerprint density at radius 2 is 1.59 bits per heavy atom. The minimum absolute atomic E-state index is 0.0764. The van der Waals surface area contributed by atoms with Gasteiger partial charge in [0.05, 0.1) is 31.4 Å². The molecule has 0 fully saturated rings. The highest BCUT2D eigenvalue weighted by Crippen LogP contribution is 2.32. The molecule has 0 spiro atoms. The fourth-order valence-corrected chi connectivity index (χ4v) is 1.92. The smallest absolute Gasteiger partial charge is 0.493 e. The highest BCUT2D eigenvalue weighted by molar-refractivity contribution is 7.87. The number of halogens is 3. The number of hydrogen-bond acceptors (Lipinski definition) is 7. The molecule has 1 heterocycles. The van der Waals surface area contributed by atoms with Gasteiger partial charge in [0.2, 0.25) is 0 Å². The predicted molar refractivity (Wildman–Crippen MR) is 68.2 cm³/mol. The van der Waals surface area contributed by atoms with Crippen molar-refractivity contribution < 1.29 is 35.2 Å². The molecule has 1 aromatic heterocycles. The molecule has 7 nitrogen and oxygen atoms in total. The van der Waals surface area contributed by atoms with E-state index in [9.17, 15) is 21.6 Å². The van der Waals surface area contributed by atoms with Crippen LogP contribution in [0.2, 0.25) is 0 Å². The van der Waals surface area contributed by atoms with Gasteiger partial charge in [0, 0.05) is 12.1 Å². The Kier molecular flexibility index (Phi) is 4.00. The van der Waals surface area contributed by atoms with Crippen molar-refractivity contribution in [1.82, 2.24) is 9.97 Å². The van der Waals surface area contributed by atoms with Gasteiger partial charge in [-0.3, -0.25) is 0 Å². The summed E-state index contributed by atoms with van der Waals surface area (Å²) in [5.74, 6) is -0.224. The van der Waals surface area contributed by atoms with Crippen molar-refractivity contribution in [2.24, 2.45) is 0 Å². The Balaban J connectivity index is 2.47. The molecule has 0 bridgehead atoms. The van der Waals surface area contributed by atoms with Gasteiger partial charge in [-0.2, -0.15) is 21.6 Å². The summed E-state index contributed by atoms with van der Waals surface area (Å²) in [6, 6.07) is 2.76. The van der Waals surface area contributed by atoms with Gasteiger partial charge in [-0.1, -0.05) is 0 Å². The summed E-state index contributed by atoms with van der Waals surface area (Å²) < 4.78 is 72.5. The Hall–Kier alpha value is -2.30. The van der Waals surface area contributed by atoms with Crippen LogP contribution in [-0.2, 0) is 10.1 Å². The normalized spacial score (nSPS) is 12.2. The van der Waals surface area contributed by atoms with Crippen molar-refractivity contribution >= 4 is 21.2 Å². The number of hydrogen-bond donors (Lipinski definition) is 0. The standard InChI is InChI=1S/C11H9F3N2O5S/c1-19-8-3-6-7(4-9(8)20-2)16-10(5-15-6)21-22(17,18)11(12,13)14/h3-5H,1-2H3. The molecule has 22 heavy (non-hydrogen) atoms. The second-order valence-corrected chi connectivity index (χ2v) is 5.43. The van der Waals surface area contributed by atoms with Crippen LogP contribution in [-0.4, -0.2) is 38.1 Å². The Bertz CT molecular complexity index is 807. The third-order valence-corrected chi connectivity index (χ3v) is 3.46. The van der Waals surface area contributed by atoms with Crippen molar-refractivity contribution in [3.05, 3.63) is 18.3 Å². The summed E-state index contributed by atoms with van der Waals surface area (Å²) in [5.41, 5.74) is -5.22. The zero-order chi connectivity index (χ0) is 16.5. The summed E-state index contributed by atoms with van der Waals surface area (Å²) in [7, 11) is -3.06. The first-order valence-electron chi connectivity index (χ1n) is 5.57. The quantitative estimate of drug-likeness (QED) is 0.621. The van der Waals surface area contributed by atoms with E-state index in [1.807, 2.05) is 0 Å². The van der Waals surface area contributed by atoms with Crippen LogP contribution >= 0.6 is 0 Å². The molecule has 0 aliphatic rings.